The summed E-state index contributed by atoms with van der Waals surface area (Å²) < 4.78 is 5.72. The van der Waals surface area contributed by atoms with Crippen LogP contribution in [-0.4, -0.2) is 61.6 Å². The Hall–Kier alpha value is -2.24. The zero-order valence-electron chi connectivity index (χ0n) is 15.2. The number of urea groups is 1. The zero-order valence-corrected chi connectivity index (χ0v) is 15.2. The second-order valence-electron chi connectivity index (χ2n) is 7.19. The molecule has 0 radical (unpaired) electrons. The van der Waals surface area contributed by atoms with Crippen molar-refractivity contribution in [3.05, 3.63) is 29.8 Å². The summed E-state index contributed by atoms with van der Waals surface area (Å²) in [4.78, 5) is 28.0. The van der Waals surface area contributed by atoms with E-state index in [1.807, 2.05) is 30.0 Å². The summed E-state index contributed by atoms with van der Waals surface area (Å²) in [6.07, 6.45) is 1.44. The van der Waals surface area contributed by atoms with Gasteiger partial charge in [0.15, 0.2) is 0 Å². The summed E-state index contributed by atoms with van der Waals surface area (Å²) in [5.41, 5.74) is 1.17. The molecule has 2 aliphatic heterocycles. The van der Waals surface area contributed by atoms with Crippen LogP contribution in [0, 0.1) is 5.92 Å². The van der Waals surface area contributed by atoms with E-state index >= 15 is 0 Å². The second kappa shape index (κ2) is 7.33. The molecule has 0 spiro atoms. The lowest BCUT2D eigenvalue weighted by Crippen LogP contribution is -2.48. The third-order valence-electron chi connectivity index (χ3n) is 5.23. The van der Waals surface area contributed by atoms with Gasteiger partial charge in [-0.15, -0.1) is 0 Å². The van der Waals surface area contributed by atoms with E-state index < -0.39 is 0 Å². The summed E-state index contributed by atoms with van der Waals surface area (Å²) in [6.45, 7) is 3.92. The van der Waals surface area contributed by atoms with Gasteiger partial charge < -0.3 is 19.9 Å². The fourth-order valence-corrected chi connectivity index (χ4v) is 3.66. The van der Waals surface area contributed by atoms with Crippen LogP contribution < -0.4 is 10.1 Å². The van der Waals surface area contributed by atoms with Crippen molar-refractivity contribution in [2.75, 3.05) is 33.8 Å². The van der Waals surface area contributed by atoms with Crippen molar-refractivity contribution in [2.45, 2.75) is 31.7 Å². The molecule has 2 aliphatic rings. The van der Waals surface area contributed by atoms with Crippen LogP contribution in [-0.2, 0) is 4.79 Å². The minimum absolute atomic E-state index is 0.0203. The zero-order chi connectivity index (χ0) is 18.0. The van der Waals surface area contributed by atoms with Gasteiger partial charge in [0.2, 0.25) is 5.91 Å². The highest BCUT2D eigenvalue weighted by atomic mass is 16.5. The van der Waals surface area contributed by atoms with Gasteiger partial charge in [-0.2, -0.15) is 0 Å². The molecule has 0 aliphatic carbocycles. The summed E-state index contributed by atoms with van der Waals surface area (Å²) in [6, 6.07) is 8.06. The molecule has 3 rings (SSSR count). The predicted molar refractivity (Wildman–Crippen MR) is 95.7 cm³/mol. The third-order valence-corrected chi connectivity index (χ3v) is 5.23. The lowest BCUT2D eigenvalue weighted by molar-refractivity contribution is -0.127. The summed E-state index contributed by atoms with van der Waals surface area (Å²) in [5.74, 6) is 1.18. The van der Waals surface area contributed by atoms with Gasteiger partial charge in [0, 0.05) is 50.6 Å². The number of ether oxygens (including phenoxy) is 1. The Bertz CT molecular complexity index is 639. The van der Waals surface area contributed by atoms with E-state index in [2.05, 4.69) is 11.4 Å². The fourth-order valence-electron chi connectivity index (χ4n) is 3.66. The Kier molecular flexibility index (Phi) is 5.16. The van der Waals surface area contributed by atoms with Gasteiger partial charge in [0.25, 0.3) is 0 Å². The number of para-hydroxylation sites is 1. The molecule has 136 valence electrons. The van der Waals surface area contributed by atoms with Crippen molar-refractivity contribution in [3.63, 3.8) is 0 Å². The standard InChI is InChI=1S/C19H27N3O3/c1-13(16-12-25-17-7-5-4-6-15(16)17)20-18(23)14-8-10-22(11-9-14)19(24)21(2)3/h4-7,13-14,16H,8-12H2,1-3H3,(H,20,23)/t13-,16-/m1/s1. The van der Waals surface area contributed by atoms with Crippen LogP contribution >= 0.6 is 0 Å². The Morgan fingerprint density at radius 3 is 2.60 bits per heavy atom. The molecule has 3 amide bonds. The smallest absolute Gasteiger partial charge is 0.319 e. The highest BCUT2D eigenvalue weighted by Gasteiger charge is 2.32. The average Bonchev–Trinajstić information content (AvgIpc) is 3.05. The lowest BCUT2D eigenvalue weighted by Gasteiger charge is -2.33. The molecular weight excluding hydrogens is 318 g/mol. The number of hydrogen-bond donors (Lipinski definition) is 1. The van der Waals surface area contributed by atoms with E-state index in [0.29, 0.717) is 19.7 Å². The van der Waals surface area contributed by atoms with Crippen LogP contribution in [0.5, 0.6) is 5.75 Å². The van der Waals surface area contributed by atoms with Crippen LogP contribution in [0.1, 0.15) is 31.2 Å². The first kappa shape index (κ1) is 17.6. The van der Waals surface area contributed by atoms with E-state index in [9.17, 15) is 9.59 Å². The van der Waals surface area contributed by atoms with Crippen molar-refractivity contribution >= 4 is 11.9 Å². The molecular formula is C19H27N3O3. The monoisotopic (exact) mass is 345 g/mol. The Balaban J connectivity index is 1.53. The number of carbonyl (C=O) groups excluding carboxylic acids is 2. The van der Waals surface area contributed by atoms with Gasteiger partial charge in [0.05, 0.1) is 6.61 Å². The summed E-state index contributed by atoms with van der Waals surface area (Å²) in [5, 5.41) is 3.17. The number of carbonyl (C=O) groups is 2. The maximum absolute atomic E-state index is 12.6. The van der Waals surface area contributed by atoms with E-state index in [-0.39, 0.29) is 29.8 Å². The average molecular weight is 345 g/mol. The van der Waals surface area contributed by atoms with E-state index in [4.69, 9.17) is 4.74 Å². The Labute approximate surface area is 149 Å². The highest BCUT2D eigenvalue weighted by molar-refractivity contribution is 5.80. The minimum Gasteiger partial charge on any atom is -0.493 e. The van der Waals surface area contributed by atoms with Crippen molar-refractivity contribution < 1.29 is 14.3 Å². The first-order valence-electron chi connectivity index (χ1n) is 8.95. The molecule has 6 heteroatoms. The van der Waals surface area contributed by atoms with Gasteiger partial charge >= 0.3 is 6.03 Å². The Morgan fingerprint density at radius 2 is 1.92 bits per heavy atom. The third kappa shape index (κ3) is 3.72. The quantitative estimate of drug-likeness (QED) is 0.912. The predicted octanol–water partition coefficient (Wildman–Crippen LogP) is 2.06. The van der Waals surface area contributed by atoms with Gasteiger partial charge in [-0.05, 0) is 25.8 Å². The second-order valence-corrected chi connectivity index (χ2v) is 7.19. The molecule has 1 aromatic carbocycles. The number of fused-ring (bicyclic) bond motifs is 1. The number of piperidine rings is 1. The largest absolute Gasteiger partial charge is 0.493 e. The summed E-state index contributed by atoms with van der Waals surface area (Å²) >= 11 is 0. The number of rotatable bonds is 3. The van der Waals surface area contributed by atoms with Crippen molar-refractivity contribution in [1.29, 1.82) is 0 Å². The highest BCUT2D eigenvalue weighted by Crippen LogP contribution is 2.35. The first-order chi connectivity index (χ1) is 12.0. The maximum atomic E-state index is 12.6. The molecule has 1 aromatic rings. The summed E-state index contributed by atoms with van der Waals surface area (Å²) in [7, 11) is 3.51. The van der Waals surface area contributed by atoms with Crippen molar-refractivity contribution in [3.8, 4) is 5.75 Å². The lowest BCUT2D eigenvalue weighted by atomic mass is 9.92. The number of hydrogen-bond acceptors (Lipinski definition) is 3. The molecule has 1 saturated heterocycles. The maximum Gasteiger partial charge on any atom is 0.319 e. The van der Waals surface area contributed by atoms with E-state index in [0.717, 1.165) is 18.6 Å². The van der Waals surface area contributed by atoms with Crippen LogP contribution in [0.25, 0.3) is 0 Å². The number of amides is 3. The van der Waals surface area contributed by atoms with Crippen LogP contribution in [0.3, 0.4) is 0 Å². The molecule has 2 atom stereocenters. The fraction of sp³-hybridized carbons (Fsp3) is 0.579. The van der Waals surface area contributed by atoms with Crippen molar-refractivity contribution in [2.24, 2.45) is 5.92 Å². The molecule has 0 bridgehead atoms. The first-order valence-corrected chi connectivity index (χ1v) is 8.95. The molecule has 0 unspecified atom stereocenters. The number of nitrogens with one attached hydrogen (secondary N) is 1. The Morgan fingerprint density at radius 1 is 1.24 bits per heavy atom. The van der Waals surface area contributed by atoms with E-state index in [1.165, 1.54) is 5.56 Å². The van der Waals surface area contributed by atoms with Crippen LogP contribution in [0.2, 0.25) is 0 Å². The normalized spacial score (nSPS) is 21.2. The SMILES string of the molecule is C[C@@H](NC(=O)C1CCN(C(=O)N(C)C)CC1)[C@H]1COc2ccccc21. The van der Waals surface area contributed by atoms with Gasteiger partial charge in [-0.25, -0.2) is 4.79 Å². The number of benzene rings is 1. The number of likely N-dealkylation sites (tertiary alicyclic amines) is 1. The molecule has 0 saturated carbocycles. The van der Waals surface area contributed by atoms with Gasteiger partial charge in [-0.3, -0.25) is 4.79 Å². The van der Waals surface area contributed by atoms with Crippen LogP contribution in [0.15, 0.2) is 24.3 Å². The van der Waals surface area contributed by atoms with Gasteiger partial charge in [0.1, 0.15) is 5.75 Å². The molecule has 6 nitrogen and oxygen atoms in total. The van der Waals surface area contributed by atoms with Crippen molar-refractivity contribution in [1.82, 2.24) is 15.1 Å². The molecule has 1 fully saturated rings. The number of nitrogens with zero attached hydrogens (tertiary/aromatic N) is 2. The van der Waals surface area contributed by atoms with Crippen LogP contribution in [0.4, 0.5) is 4.79 Å². The topological polar surface area (TPSA) is 61.9 Å². The molecule has 0 aromatic heterocycles. The van der Waals surface area contributed by atoms with E-state index in [1.54, 1.807) is 19.0 Å². The molecule has 1 N–H and O–H groups in total. The molecule has 2 heterocycles. The molecule has 25 heavy (non-hydrogen) atoms. The van der Waals surface area contributed by atoms with Gasteiger partial charge in [-0.1, -0.05) is 18.2 Å². The minimum atomic E-state index is -0.0220.